The fourth-order valence-electron chi connectivity index (χ4n) is 2.05. The highest BCUT2D eigenvalue weighted by molar-refractivity contribution is 7.92. The molecule has 0 amide bonds. The number of sulfonamides is 1. The molecule has 3 N–H and O–H groups in total. The van der Waals surface area contributed by atoms with Gasteiger partial charge in [-0.2, -0.15) is 4.39 Å². The van der Waals surface area contributed by atoms with Crippen LogP contribution in [0.25, 0.3) is 16.9 Å². The Balaban J connectivity index is 2.11. The zero-order chi connectivity index (χ0) is 16.6. The Kier molecular flexibility index (Phi) is 3.60. The Hall–Kier alpha value is -2.75. The van der Waals surface area contributed by atoms with Gasteiger partial charge in [0.2, 0.25) is 16.0 Å². The van der Waals surface area contributed by atoms with Crippen LogP contribution in [0.1, 0.15) is 6.92 Å². The average Bonchev–Trinajstić information content (AvgIpc) is 2.95. The number of nitrogens with zero attached hydrogens (tertiary/aromatic N) is 4. The molecule has 10 heteroatoms. The molecule has 120 valence electrons. The van der Waals surface area contributed by atoms with Crippen LogP contribution < -0.4 is 10.5 Å². The summed E-state index contributed by atoms with van der Waals surface area (Å²) in [5.41, 5.74) is 7.03. The molecule has 8 nitrogen and oxygen atoms in total. The van der Waals surface area contributed by atoms with Gasteiger partial charge < -0.3 is 5.73 Å². The van der Waals surface area contributed by atoms with Crippen LogP contribution in [-0.4, -0.2) is 33.5 Å². The number of nitrogen functional groups attached to an aromatic ring is 1. The van der Waals surface area contributed by atoms with Gasteiger partial charge in [-0.15, -0.1) is 0 Å². The van der Waals surface area contributed by atoms with Gasteiger partial charge in [-0.05, 0) is 13.0 Å². The second kappa shape index (κ2) is 5.47. The predicted octanol–water partition coefficient (Wildman–Crippen LogP) is 1.27. The first-order chi connectivity index (χ1) is 10.9. The van der Waals surface area contributed by atoms with Crippen LogP contribution in [0, 0.1) is 5.95 Å². The van der Waals surface area contributed by atoms with E-state index in [1.165, 1.54) is 31.6 Å². The third-order valence-electron chi connectivity index (χ3n) is 3.24. The number of pyridine rings is 1. The molecule has 0 aliphatic carbocycles. The van der Waals surface area contributed by atoms with Gasteiger partial charge >= 0.3 is 0 Å². The van der Waals surface area contributed by atoms with Crippen LogP contribution in [0.3, 0.4) is 0 Å². The summed E-state index contributed by atoms with van der Waals surface area (Å²) < 4.78 is 40.8. The molecule has 0 saturated carbocycles. The molecule has 3 rings (SSSR count). The molecule has 23 heavy (non-hydrogen) atoms. The van der Waals surface area contributed by atoms with Crippen molar-refractivity contribution in [3.05, 3.63) is 36.8 Å². The monoisotopic (exact) mass is 336 g/mol. The van der Waals surface area contributed by atoms with E-state index in [1.807, 2.05) is 0 Å². The van der Waals surface area contributed by atoms with Gasteiger partial charge in [0.1, 0.15) is 5.69 Å². The van der Waals surface area contributed by atoms with Crippen molar-refractivity contribution in [1.29, 1.82) is 0 Å². The van der Waals surface area contributed by atoms with Gasteiger partial charge in [-0.25, -0.2) is 23.4 Å². The topological polar surface area (TPSA) is 115 Å². The molecule has 3 aromatic rings. The van der Waals surface area contributed by atoms with Crippen molar-refractivity contribution in [2.24, 2.45) is 0 Å². The number of imidazole rings is 1. The highest BCUT2D eigenvalue weighted by Crippen LogP contribution is 2.25. The van der Waals surface area contributed by atoms with Crippen LogP contribution >= 0.6 is 0 Å². The van der Waals surface area contributed by atoms with Gasteiger partial charge in [0.25, 0.3) is 0 Å². The molecule has 0 saturated heterocycles. The van der Waals surface area contributed by atoms with Crippen LogP contribution in [0.4, 0.5) is 15.9 Å². The second-order valence-electron chi connectivity index (χ2n) is 4.72. The second-order valence-corrected chi connectivity index (χ2v) is 6.73. The van der Waals surface area contributed by atoms with E-state index in [-0.39, 0.29) is 17.3 Å². The maximum absolute atomic E-state index is 13.8. The lowest BCUT2D eigenvalue weighted by Gasteiger charge is -2.08. The number of anilines is 2. The summed E-state index contributed by atoms with van der Waals surface area (Å²) in [6.07, 6.45) is 5.97. The van der Waals surface area contributed by atoms with Gasteiger partial charge in [-0.3, -0.25) is 9.12 Å². The smallest absolute Gasteiger partial charge is 0.237 e. The van der Waals surface area contributed by atoms with E-state index in [0.717, 1.165) is 0 Å². The largest absolute Gasteiger partial charge is 0.381 e. The van der Waals surface area contributed by atoms with Gasteiger partial charge in [0.05, 0.1) is 17.6 Å². The zero-order valence-corrected chi connectivity index (χ0v) is 12.9. The molecule has 0 bridgehead atoms. The summed E-state index contributed by atoms with van der Waals surface area (Å²) in [5, 5.41) is 0. The van der Waals surface area contributed by atoms with Gasteiger partial charge in [-0.1, -0.05) is 0 Å². The van der Waals surface area contributed by atoms with Gasteiger partial charge in [0.15, 0.2) is 11.5 Å². The molecule has 0 radical (unpaired) electrons. The molecule has 0 aliphatic rings. The van der Waals surface area contributed by atoms with E-state index in [2.05, 4.69) is 19.7 Å². The van der Waals surface area contributed by atoms with Crippen LogP contribution in [0.2, 0.25) is 0 Å². The number of fused-ring (bicyclic) bond motifs is 1. The lowest BCUT2D eigenvalue weighted by Crippen LogP contribution is -2.16. The minimum Gasteiger partial charge on any atom is -0.381 e. The Morgan fingerprint density at radius 2 is 2.09 bits per heavy atom. The summed E-state index contributed by atoms with van der Waals surface area (Å²) in [4.78, 5) is 11.7. The standard InChI is InChI=1S/C13H13FN6O2S/c1-2-23(21,22)19-9-5-8(6-17-11(9)14)10-7-18-13-12(15)16-3-4-20(10)13/h3-7,19H,2H2,1H3,(H2,15,16). The molecule has 0 atom stereocenters. The molecular weight excluding hydrogens is 323 g/mol. The SMILES string of the molecule is CCS(=O)(=O)Nc1cc(-c2cnc3c(N)nccn23)cnc1F. The summed E-state index contributed by atoms with van der Waals surface area (Å²) in [7, 11) is -3.61. The molecule has 0 spiro atoms. The fourth-order valence-corrected chi connectivity index (χ4v) is 2.67. The normalized spacial score (nSPS) is 11.7. The Bertz CT molecular complexity index is 985. The van der Waals surface area contributed by atoms with Gasteiger partial charge in [0, 0.05) is 24.2 Å². The minimum atomic E-state index is -3.61. The Morgan fingerprint density at radius 1 is 1.30 bits per heavy atom. The van der Waals surface area contributed by atoms with Crippen molar-refractivity contribution in [3.8, 4) is 11.3 Å². The van der Waals surface area contributed by atoms with Crippen molar-refractivity contribution in [1.82, 2.24) is 19.4 Å². The first-order valence-corrected chi connectivity index (χ1v) is 8.30. The number of rotatable bonds is 4. The number of hydrogen-bond acceptors (Lipinski definition) is 6. The number of hydrogen-bond donors (Lipinski definition) is 2. The lowest BCUT2D eigenvalue weighted by atomic mass is 10.2. The number of halogens is 1. The predicted molar refractivity (Wildman–Crippen MR) is 83.7 cm³/mol. The first kappa shape index (κ1) is 15.2. The first-order valence-electron chi connectivity index (χ1n) is 6.65. The summed E-state index contributed by atoms with van der Waals surface area (Å²) in [6.45, 7) is 1.46. The lowest BCUT2D eigenvalue weighted by molar-refractivity contribution is 0.584. The van der Waals surface area contributed by atoms with Crippen molar-refractivity contribution in [3.63, 3.8) is 0 Å². The van der Waals surface area contributed by atoms with E-state index in [1.54, 1.807) is 10.6 Å². The van der Waals surface area contributed by atoms with Crippen LogP contribution in [-0.2, 0) is 10.0 Å². The van der Waals surface area contributed by atoms with Crippen molar-refractivity contribution in [2.45, 2.75) is 6.92 Å². The number of nitrogens with one attached hydrogen (secondary N) is 1. The van der Waals surface area contributed by atoms with E-state index < -0.39 is 16.0 Å². The average molecular weight is 336 g/mol. The minimum absolute atomic E-state index is 0.172. The van der Waals surface area contributed by atoms with E-state index in [9.17, 15) is 12.8 Å². The molecule has 3 heterocycles. The van der Waals surface area contributed by atoms with Crippen molar-refractivity contribution in [2.75, 3.05) is 16.2 Å². The molecule has 0 unspecified atom stereocenters. The number of nitrogens with two attached hydrogens (primary N) is 1. The fraction of sp³-hybridized carbons (Fsp3) is 0.154. The third-order valence-corrected chi connectivity index (χ3v) is 4.53. The molecule has 3 aromatic heterocycles. The molecule has 0 fully saturated rings. The number of aromatic nitrogens is 4. The summed E-state index contributed by atoms with van der Waals surface area (Å²) >= 11 is 0. The van der Waals surface area contributed by atoms with Crippen LogP contribution in [0.15, 0.2) is 30.9 Å². The Labute approximate surface area is 131 Å². The van der Waals surface area contributed by atoms with E-state index in [0.29, 0.717) is 16.9 Å². The van der Waals surface area contributed by atoms with E-state index in [4.69, 9.17) is 5.73 Å². The quantitative estimate of drug-likeness (QED) is 0.693. The zero-order valence-electron chi connectivity index (χ0n) is 12.1. The van der Waals surface area contributed by atoms with Crippen LogP contribution in [0.5, 0.6) is 0 Å². The summed E-state index contributed by atoms with van der Waals surface area (Å²) in [6, 6.07) is 1.36. The Morgan fingerprint density at radius 3 is 2.83 bits per heavy atom. The maximum atomic E-state index is 13.8. The maximum Gasteiger partial charge on any atom is 0.237 e. The third kappa shape index (κ3) is 2.80. The molecule has 0 aromatic carbocycles. The highest BCUT2D eigenvalue weighted by atomic mass is 32.2. The van der Waals surface area contributed by atoms with Crippen molar-refractivity contribution < 1.29 is 12.8 Å². The summed E-state index contributed by atoms with van der Waals surface area (Å²) in [5.74, 6) is -0.824. The highest BCUT2D eigenvalue weighted by Gasteiger charge is 2.15. The van der Waals surface area contributed by atoms with Crippen molar-refractivity contribution >= 4 is 27.2 Å². The molecule has 0 aliphatic heterocycles. The molecular formula is C13H13FN6O2S. The van der Waals surface area contributed by atoms with E-state index >= 15 is 0 Å².